The highest BCUT2D eigenvalue weighted by molar-refractivity contribution is 5.00. The lowest BCUT2D eigenvalue weighted by Gasteiger charge is -2.57. The third-order valence-electron chi connectivity index (χ3n) is 3.92. The van der Waals surface area contributed by atoms with Gasteiger partial charge in [-0.3, -0.25) is 4.90 Å². The van der Waals surface area contributed by atoms with E-state index in [1.165, 1.54) is 45.2 Å². The maximum atomic E-state index is 2.64. The summed E-state index contributed by atoms with van der Waals surface area (Å²) in [5.74, 6) is 0. The van der Waals surface area contributed by atoms with Gasteiger partial charge in [0.25, 0.3) is 0 Å². The Morgan fingerprint density at radius 1 is 0.923 bits per heavy atom. The molecule has 0 aromatic heterocycles. The Morgan fingerprint density at radius 2 is 1.46 bits per heavy atom. The largest absolute Gasteiger partial charge is 0.297 e. The Hall–Kier alpha value is -0.0400. The molecule has 1 spiro atoms. The summed E-state index contributed by atoms with van der Waals surface area (Å²) in [5, 5.41) is 0. The van der Waals surface area contributed by atoms with Crippen molar-refractivity contribution in [2.45, 2.75) is 58.4 Å². The first-order valence-corrected chi connectivity index (χ1v) is 5.77. The van der Waals surface area contributed by atoms with Crippen LogP contribution in [0.25, 0.3) is 0 Å². The fourth-order valence-corrected chi connectivity index (χ4v) is 2.86. The van der Waals surface area contributed by atoms with Crippen LogP contribution in [0.1, 0.15) is 52.9 Å². The molecule has 0 aromatic carbocycles. The van der Waals surface area contributed by atoms with E-state index in [4.69, 9.17) is 0 Å². The molecule has 1 saturated heterocycles. The van der Waals surface area contributed by atoms with E-state index in [1.807, 2.05) is 0 Å². The van der Waals surface area contributed by atoms with E-state index in [0.29, 0.717) is 5.54 Å². The van der Waals surface area contributed by atoms with Crippen LogP contribution in [-0.2, 0) is 0 Å². The van der Waals surface area contributed by atoms with Crippen LogP contribution in [0.2, 0.25) is 0 Å². The highest BCUT2D eigenvalue weighted by Gasteiger charge is 2.46. The van der Waals surface area contributed by atoms with Crippen LogP contribution in [0.5, 0.6) is 0 Å². The highest BCUT2D eigenvalue weighted by Crippen LogP contribution is 2.45. The molecule has 1 nitrogen and oxygen atoms in total. The second kappa shape index (κ2) is 2.98. The quantitative estimate of drug-likeness (QED) is 0.555. The molecule has 2 aliphatic rings. The molecule has 0 unspecified atom stereocenters. The average molecular weight is 181 g/mol. The van der Waals surface area contributed by atoms with Gasteiger partial charge in [0, 0.05) is 18.6 Å². The summed E-state index contributed by atoms with van der Waals surface area (Å²) in [7, 11) is 0. The van der Waals surface area contributed by atoms with Gasteiger partial charge in [-0.05, 0) is 39.0 Å². The van der Waals surface area contributed by atoms with Gasteiger partial charge in [0.1, 0.15) is 0 Å². The van der Waals surface area contributed by atoms with Gasteiger partial charge in [-0.25, -0.2) is 0 Å². The molecule has 0 amide bonds. The van der Waals surface area contributed by atoms with Crippen molar-refractivity contribution >= 4 is 0 Å². The number of hydrogen-bond acceptors (Lipinski definition) is 1. The van der Waals surface area contributed by atoms with E-state index < -0.39 is 0 Å². The van der Waals surface area contributed by atoms with Crippen molar-refractivity contribution in [1.82, 2.24) is 4.90 Å². The lowest BCUT2D eigenvalue weighted by Crippen LogP contribution is -2.63. The van der Waals surface area contributed by atoms with Crippen molar-refractivity contribution in [1.29, 1.82) is 0 Å². The van der Waals surface area contributed by atoms with Crippen molar-refractivity contribution in [2.24, 2.45) is 5.41 Å². The number of rotatable bonds is 0. The Bertz CT molecular complexity index is 176. The minimum atomic E-state index is 0.405. The summed E-state index contributed by atoms with van der Waals surface area (Å²) >= 11 is 0. The third-order valence-corrected chi connectivity index (χ3v) is 3.92. The molecule has 0 atom stereocenters. The molecule has 1 heterocycles. The monoisotopic (exact) mass is 181 g/mol. The standard InChI is InChI=1S/C12H23N/c1-11(2,3)13-9-12(10-13)7-5-4-6-8-12/h4-10H2,1-3H3. The Labute approximate surface area is 82.5 Å². The van der Waals surface area contributed by atoms with Crippen molar-refractivity contribution in [3.63, 3.8) is 0 Å². The molecule has 0 N–H and O–H groups in total. The number of likely N-dealkylation sites (tertiary alicyclic amines) is 1. The summed E-state index contributed by atoms with van der Waals surface area (Å²) in [6.07, 6.45) is 7.45. The van der Waals surface area contributed by atoms with Crippen molar-refractivity contribution in [3.8, 4) is 0 Å². The van der Waals surface area contributed by atoms with Crippen LogP contribution < -0.4 is 0 Å². The summed E-state index contributed by atoms with van der Waals surface area (Å²) in [6, 6.07) is 0. The van der Waals surface area contributed by atoms with Crippen LogP contribution in [-0.4, -0.2) is 23.5 Å². The Kier molecular flexibility index (Phi) is 2.18. The van der Waals surface area contributed by atoms with Gasteiger partial charge < -0.3 is 0 Å². The molecule has 0 radical (unpaired) electrons. The SMILES string of the molecule is CC(C)(C)N1CC2(CCCCC2)C1. The Morgan fingerprint density at radius 3 is 1.92 bits per heavy atom. The second-order valence-corrected chi connectivity index (χ2v) is 6.09. The predicted molar refractivity (Wildman–Crippen MR) is 56.8 cm³/mol. The van der Waals surface area contributed by atoms with E-state index in [0.717, 1.165) is 5.41 Å². The zero-order valence-electron chi connectivity index (χ0n) is 9.40. The average Bonchev–Trinajstić information content (AvgIpc) is 2.00. The molecule has 1 aliphatic carbocycles. The first-order valence-electron chi connectivity index (χ1n) is 5.77. The summed E-state index contributed by atoms with van der Waals surface area (Å²) in [5.41, 5.74) is 1.16. The van der Waals surface area contributed by atoms with Gasteiger partial charge in [0.05, 0.1) is 0 Å². The van der Waals surface area contributed by atoms with E-state index >= 15 is 0 Å². The van der Waals surface area contributed by atoms with Crippen LogP contribution in [0.15, 0.2) is 0 Å². The maximum Gasteiger partial charge on any atom is 0.0125 e. The van der Waals surface area contributed by atoms with Gasteiger partial charge in [-0.2, -0.15) is 0 Å². The lowest BCUT2D eigenvalue weighted by molar-refractivity contribution is -0.0784. The molecule has 1 aliphatic heterocycles. The summed E-state index contributed by atoms with van der Waals surface area (Å²) in [4.78, 5) is 2.64. The molecule has 0 aromatic rings. The first-order chi connectivity index (χ1) is 6.02. The number of hydrogen-bond donors (Lipinski definition) is 0. The third kappa shape index (κ3) is 1.76. The molecule has 2 rings (SSSR count). The smallest absolute Gasteiger partial charge is 0.0125 e. The van der Waals surface area contributed by atoms with Crippen LogP contribution in [0, 0.1) is 5.41 Å². The van der Waals surface area contributed by atoms with Crippen LogP contribution in [0.3, 0.4) is 0 Å². The van der Waals surface area contributed by atoms with Gasteiger partial charge in [-0.15, -0.1) is 0 Å². The van der Waals surface area contributed by atoms with Gasteiger partial charge in [-0.1, -0.05) is 19.3 Å². The number of nitrogens with zero attached hydrogens (tertiary/aromatic N) is 1. The Balaban J connectivity index is 1.88. The van der Waals surface area contributed by atoms with Gasteiger partial charge in [0.2, 0.25) is 0 Å². The van der Waals surface area contributed by atoms with E-state index in [1.54, 1.807) is 0 Å². The molecular formula is C12H23N. The van der Waals surface area contributed by atoms with Crippen LogP contribution >= 0.6 is 0 Å². The van der Waals surface area contributed by atoms with E-state index in [2.05, 4.69) is 25.7 Å². The molecular weight excluding hydrogens is 158 g/mol. The second-order valence-electron chi connectivity index (χ2n) is 6.09. The van der Waals surface area contributed by atoms with Crippen LogP contribution in [0.4, 0.5) is 0 Å². The molecule has 0 bridgehead atoms. The molecule has 1 heteroatoms. The van der Waals surface area contributed by atoms with Crippen molar-refractivity contribution in [2.75, 3.05) is 13.1 Å². The van der Waals surface area contributed by atoms with Crippen molar-refractivity contribution < 1.29 is 0 Å². The molecule has 2 fully saturated rings. The minimum Gasteiger partial charge on any atom is -0.297 e. The van der Waals surface area contributed by atoms with Crippen molar-refractivity contribution in [3.05, 3.63) is 0 Å². The van der Waals surface area contributed by atoms with E-state index in [-0.39, 0.29) is 0 Å². The predicted octanol–water partition coefficient (Wildman–Crippen LogP) is 3.05. The van der Waals surface area contributed by atoms with Gasteiger partial charge >= 0.3 is 0 Å². The van der Waals surface area contributed by atoms with E-state index in [9.17, 15) is 0 Å². The lowest BCUT2D eigenvalue weighted by atomic mass is 9.67. The molecule has 76 valence electrons. The summed E-state index contributed by atoms with van der Waals surface area (Å²) < 4.78 is 0. The fourth-order valence-electron chi connectivity index (χ4n) is 2.86. The normalized spacial score (nSPS) is 28.8. The molecule has 1 saturated carbocycles. The zero-order chi connectivity index (χ0) is 9.53. The fraction of sp³-hybridized carbons (Fsp3) is 1.00. The van der Waals surface area contributed by atoms with Gasteiger partial charge in [0.15, 0.2) is 0 Å². The highest BCUT2D eigenvalue weighted by atomic mass is 15.3. The summed E-state index contributed by atoms with van der Waals surface area (Å²) in [6.45, 7) is 9.75. The molecule has 13 heavy (non-hydrogen) atoms. The minimum absolute atomic E-state index is 0.405. The maximum absolute atomic E-state index is 2.64. The topological polar surface area (TPSA) is 3.24 Å². The zero-order valence-corrected chi connectivity index (χ0v) is 9.40. The first kappa shape index (κ1) is 9.51.